The summed E-state index contributed by atoms with van der Waals surface area (Å²) in [4.78, 5) is 35.1. The summed E-state index contributed by atoms with van der Waals surface area (Å²) in [5.74, 6) is -2.00. The molecule has 6 nitrogen and oxygen atoms in total. The monoisotopic (exact) mass is 264 g/mol. The van der Waals surface area contributed by atoms with Crippen molar-refractivity contribution < 1.29 is 19.5 Å². The zero-order chi connectivity index (χ0) is 14.4. The van der Waals surface area contributed by atoms with Crippen molar-refractivity contribution in [2.45, 2.75) is 13.3 Å². The van der Waals surface area contributed by atoms with Crippen LogP contribution in [0.15, 0.2) is 24.3 Å². The lowest BCUT2D eigenvalue weighted by Crippen LogP contribution is -2.39. The summed E-state index contributed by atoms with van der Waals surface area (Å²) in [5, 5.41) is 9.02. The highest BCUT2D eigenvalue weighted by molar-refractivity contribution is 5.92. The van der Waals surface area contributed by atoms with Crippen molar-refractivity contribution in [2.24, 2.45) is 5.73 Å². The largest absolute Gasteiger partial charge is 0.478 e. The van der Waals surface area contributed by atoms with E-state index in [1.165, 1.54) is 11.0 Å². The molecule has 19 heavy (non-hydrogen) atoms. The number of nitrogens with zero attached hydrogens (tertiary/aromatic N) is 1. The van der Waals surface area contributed by atoms with E-state index >= 15 is 0 Å². The maximum atomic E-state index is 12.0. The van der Waals surface area contributed by atoms with Gasteiger partial charge in [-0.15, -0.1) is 0 Å². The molecule has 0 aliphatic rings. The van der Waals surface area contributed by atoms with Crippen LogP contribution in [-0.4, -0.2) is 40.9 Å². The predicted octanol–water partition coefficient (Wildman–Crippen LogP) is 0.261. The van der Waals surface area contributed by atoms with Crippen molar-refractivity contribution in [2.75, 3.05) is 13.1 Å². The first kappa shape index (κ1) is 14.7. The molecule has 0 bridgehead atoms. The normalized spacial score (nSPS) is 9.95. The van der Waals surface area contributed by atoms with Crippen molar-refractivity contribution in [3.63, 3.8) is 0 Å². The number of carbonyl (C=O) groups is 3. The van der Waals surface area contributed by atoms with Crippen molar-refractivity contribution >= 4 is 17.8 Å². The van der Waals surface area contributed by atoms with E-state index in [0.717, 1.165) is 0 Å². The second-order valence-corrected chi connectivity index (χ2v) is 4.01. The molecule has 0 unspecified atom stereocenters. The highest BCUT2D eigenvalue weighted by Gasteiger charge is 2.17. The topological polar surface area (TPSA) is 101 Å². The van der Waals surface area contributed by atoms with Crippen LogP contribution in [0.2, 0.25) is 0 Å². The zero-order valence-corrected chi connectivity index (χ0v) is 10.6. The fourth-order valence-corrected chi connectivity index (χ4v) is 1.72. The fraction of sp³-hybridized carbons (Fsp3) is 0.308. The lowest BCUT2D eigenvalue weighted by Gasteiger charge is -2.19. The molecule has 0 heterocycles. The first-order chi connectivity index (χ1) is 8.95. The van der Waals surface area contributed by atoms with Crippen LogP contribution in [0.25, 0.3) is 0 Å². The van der Waals surface area contributed by atoms with Gasteiger partial charge in [-0.05, 0) is 18.6 Å². The highest BCUT2D eigenvalue weighted by Crippen LogP contribution is 2.11. The number of carboxylic acid groups (broad SMARTS) is 1. The SMILES string of the molecule is CCN(CC(N)=O)C(=O)Cc1ccccc1C(=O)O. The summed E-state index contributed by atoms with van der Waals surface area (Å²) in [6, 6.07) is 6.28. The number of primary amides is 1. The number of amides is 2. The van der Waals surface area contributed by atoms with Crippen LogP contribution < -0.4 is 5.73 Å². The minimum Gasteiger partial charge on any atom is -0.478 e. The van der Waals surface area contributed by atoms with Crippen molar-refractivity contribution in [1.82, 2.24) is 4.90 Å². The number of carbonyl (C=O) groups excluding carboxylic acids is 2. The molecule has 6 heteroatoms. The maximum absolute atomic E-state index is 12.0. The molecular formula is C13H16N2O4. The maximum Gasteiger partial charge on any atom is 0.335 e. The molecule has 0 atom stereocenters. The summed E-state index contributed by atoms with van der Waals surface area (Å²) in [7, 11) is 0. The molecule has 0 aliphatic carbocycles. The second kappa shape index (κ2) is 6.53. The van der Waals surface area contributed by atoms with Crippen LogP contribution in [0.3, 0.4) is 0 Å². The summed E-state index contributed by atoms with van der Waals surface area (Å²) < 4.78 is 0. The third-order valence-electron chi connectivity index (χ3n) is 2.67. The molecule has 0 fully saturated rings. The van der Waals surface area contributed by atoms with E-state index in [-0.39, 0.29) is 24.4 Å². The first-order valence-corrected chi connectivity index (χ1v) is 5.83. The van der Waals surface area contributed by atoms with Gasteiger partial charge in [0.1, 0.15) is 0 Å². The van der Waals surface area contributed by atoms with E-state index in [0.29, 0.717) is 12.1 Å². The number of aromatic carboxylic acids is 1. The summed E-state index contributed by atoms with van der Waals surface area (Å²) in [6.45, 7) is 1.91. The Hall–Kier alpha value is -2.37. The number of hydrogen-bond donors (Lipinski definition) is 2. The van der Waals surface area contributed by atoms with E-state index in [2.05, 4.69) is 0 Å². The molecule has 3 N–H and O–H groups in total. The molecule has 1 aromatic rings. The molecule has 0 saturated carbocycles. The van der Waals surface area contributed by atoms with Crippen molar-refractivity contribution in [3.05, 3.63) is 35.4 Å². The van der Waals surface area contributed by atoms with Gasteiger partial charge in [0.2, 0.25) is 11.8 Å². The molecule has 1 aromatic carbocycles. The van der Waals surface area contributed by atoms with Crippen LogP contribution >= 0.6 is 0 Å². The van der Waals surface area contributed by atoms with E-state index < -0.39 is 11.9 Å². The number of nitrogens with two attached hydrogens (primary N) is 1. The van der Waals surface area contributed by atoms with Gasteiger partial charge < -0.3 is 15.7 Å². The highest BCUT2D eigenvalue weighted by atomic mass is 16.4. The van der Waals surface area contributed by atoms with Crippen molar-refractivity contribution in [1.29, 1.82) is 0 Å². The van der Waals surface area contributed by atoms with Gasteiger partial charge >= 0.3 is 5.97 Å². The van der Waals surface area contributed by atoms with E-state index in [1.807, 2.05) is 0 Å². The van der Waals surface area contributed by atoms with Gasteiger partial charge in [0.05, 0.1) is 18.5 Å². The van der Waals surface area contributed by atoms with Crippen LogP contribution in [0, 0.1) is 0 Å². The Morgan fingerprint density at radius 3 is 2.42 bits per heavy atom. The summed E-state index contributed by atoms with van der Waals surface area (Å²) >= 11 is 0. The lowest BCUT2D eigenvalue weighted by molar-refractivity contribution is -0.134. The molecule has 1 rings (SSSR count). The Bertz CT molecular complexity index is 499. The van der Waals surface area contributed by atoms with Gasteiger partial charge in [-0.1, -0.05) is 18.2 Å². The number of carboxylic acids is 1. The van der Waals surface area contributed by atoms with Crippen LogP contribution in [0.4, 0.5) is 0 Å². The van der Waals surface area contributed by atoms with Gasteiger partial charge in [0.15, 0.2) is 0 Å². The molecule has 102 valence electrons. The van der Waals surface area contributed by atoms with Gasteiger partial charge in [0, 0.05) is 6.54 Å². The minimum absolute atomic E-state index is 0.0659. The number of likely N-dealkylation sites (N-methyl/N-ethyl adjacent to an activating group) is 1. The molecule has 0 spiro atoms. The average molecular weight is 264 g/mol. The smallest absolute Gasteiger partial charge is 0.335 e. The van der Waals surface area contributed by atoms with Gasteiger partial charge in [0.25, 0.3) is 0 Å². The van der Waals surface area contributed by atoms with E-state index in [9.17, 15) is 14.4 Å². The van der Waals surface area contributed by atoms with E-state index in [4.69, 9.17) is 10.8 Å². The van der Waals surface area contributed by atoms with Crippen LogP contribution in [0.1, 0.15) is 22.8 Å². The van der Waals surface area contributed by atoms with Crippen molar-refractivity contribution in [3.8, 4) is 0 Å². The molecule has 0 aromatic heterocycles. The predicted molar refractivity (Wildman–Crippen MR) is 68.6 cm³/mol. The number of rotatable bonds is 6. The second-order valence-electron chi connectivity index (χ2n) is 4.01. The zero-order valence-electron chi connectivity index (χ0n) is 10.6. The fourth-order valence-electron chi connectivity index (χ4n) is 1.72. The Morgan fingerprint density at radius 1 is 1.26 bits per heavy atom. The lowest BCUT2D eigenvalue weighted by atomic mass is 10.0. The summed E-state index contributed by atoms with van der Waals surface area (Å²) in [6.07, 6.45) is -0.0659. The Morgan fingerprint density at radius 2 is 1.89 bits per heavy atom. The third kappa shape index (κ3) is 4.09. The molecule has 2 amide bonds. The van der Waals surface area contributed by atoms with Gasteiger partial charge in [-0.2, -0.15) is 0 Å². The molecule has 0 aliphatic heterocycles. The molecule has 0 saturated heterocycles. The van der Waals surface area contributed by atoms with E-state index in [1.54, 1.807) is 25.1 Å². The van der Waals surface area contributed by atoms with Crippen LogP contribution in [0.5, 0.6) is 0 Å². The Labute approximate surface area is 110 Å². The number of hydrogen-bond acceptors (Lipinski definition) is 3. The number of benzene rings is 1. The summed E-state index contributed by atoms with van der Waals surface area (Å²) in [5.41, 5.74) is 5.56. The third-order valence-corrected chi connectivity index (χ3v) is 2.67. The Kier molecular flexibility index (Phi) is 5.05. The minimum atomic E-state index is -1.08. The van der Waals surface area contributed by atoms with Gasteiger partial charge in [-0.25, -0.2) is 4.79 Å². The molecular weight excluding hydrogens is 248 g/mol. The first-order valence-electron chi connectivity index (χ1n) is 5.83. The Balaban J connectivity index is 2.87. The quantitative estimate of drug-likeness (QED) is 0.769. The standard InChI is InChI=1S/C13H16N2O4/c1-2-15(8-11(14)16)12(17)7-9-5-3-4-6-10(9)13(18)19/h3-6H,2,7-8H2,1H3,(H2,14,16)(H,18,19). The molecule has 0 radical (unpaired) electrons. The van der Waals surface area contributed by atoms with Crippen LogP contribution in [-0.2, 0) is 16.0 Å². The average Bonchev–Trinajstić information content (AvgIpc) is 2.35. The van der Waals surface area contributed by atoms with Gasteiger partial charge in [-0.3, -0.25) is 9.59 Å².